The number of nitrogens with zero attached hydrogens (tertiary/aromatic N) is 3. The van der Waals surface area contributed by atoms with Gasteiger partial charge in [-0.15, -0.1) is 5.10 Å². The Morgan fingerprint density at radius 1 is 1.10 bits per heavy atom. The predicted molar refractivity (Wildman–Crippen MR) is 120 cm³/mol. The van der Waals surface area contributed by atoms with Crippen molar-refractivity contribution in [2.45, 2.75) is 39.1 Å². The summed E-state index contributed by atoms with van der Waals surface area (Å²) in [5, 5.41) is 7.65. The molecular formula is C21H24ClN5O3S. The maximum absolute atomic E-state index is 12.6. The Morgan fingerprint density at radius 3 is 2.39 bits per heavy atom. The molecule has 1 heterocycles. The minimum absolute atomic E-state index is 0.0269. The Labute approximate surface area is 186 Å². The smallest absolute Gasteiger partial charge is 0.291 e. The van der Waals surface area contributed by atoms with Gasteiger partial charge in [-0.05, 0) is 56.2 Å². The van der Waals surface area contributed by atoms with E-state index in [0.717, 1.165) is 5.69 Å². The molecule has 1 amide bonds. The number of benzene rings is 2. The van der Waals surface area contributed by atoms with Gasteiger partial charge in [0, 0.05) is 17.6 Å². The van der Waals surface area contributed by atoms with E-state index in [9.17, 15) is 13.2 Å². The van der Waals surface area contributed by atoms with Crippen LogP contribution < -0.4 is 10.0 Å². The van der Waals surface area contributed by atoms with Crippen molar-refractivity contribution in [1.82, 2.24) is 24.8 Å². The van der Waals surface area contributed by atoms with Gasteiger partial charge in [0.05, 0.1) is 11.4 Å². The van der Waals surface area contributed by atoms with Gasteiger partial charge in [-0.3, -0.25) is 4.79 Å². The standard InChI is InChI=1S/C21H24ClN5O3S/c1-14(2)26-31(29,30)13-17-7-5-4-6-16(17)12-23-21(28)20-24-15(3)27(25-20)19-10-8-18(22)9-11-19/h4-11,14,26H,12-13H2,1-3H3,(H,23,28). The molecule has 0 radical (unpaired) electrons. The first-order valence-electron chi connectivity index (χ1n) is 9.69. The van der Waals surface area contributed by atoms with Gasteiger partial charge in [-0.2, -0.15) is 0 Å². The van der Waals surface area contributed by atoms with Crippen molar-refractivity contribution in [3.05, 3.63) is 76.3 Å². The molecule has 31 heavy (non-hydrogen) atoms. The third-order valence-corrected chi connectivity index (χ3v) is 6.14. The van der Waals surface area contributed by atoms with E-state index in [0.29, 0.717) is 22.0 Å². The summed E-state index contributed by atoms with van der Waals surface area (Å²) in [5.74, 6) is -0.0358. The molecule has 2 N–H and O–H groups in total. The maximum Gasteiger partial charge on any atom is 0.291 e. The number of halogens is 1. The molecule has 0 spiro atoms. The second-order valence-corrected chi connectivity index (χ2v) is 9.54. The lowest BCUT2D eigenvalue weighted by atomic mass is 10.1. The van der Waals surface area contributed by atoms with Crippen LogP contribution in [0.4, 0.5) is 0 Å². The van der Waals surface area contributed by atoms with Crippen LogP contribution in [0.3, 0.4) is 0 Å². The van der Waals surface area contributed by atoms with E-state index in [2.05, 4.69) is 20.1 Å². The quantitative estimate of drug-likeness (QED) is 0.536. The zero-order valence-corrected chi connectivity index (χ0v) is 19.0. The highest BCUT2D eigenvalue weighted by molar-refractivity contribution is 7.88. The van der Waals surface area contributed by atoms with Crippen LogP contribution in [0.25, 0.3) is 5.69 Å². The van der Waals surface area contributed by atoms with Crippen LogP contribution >= 0.6 is 11.6 Å². The first-order valence-corrected chi connectivity index (χ1v) is 11.7. The summed E-state index contributed by atoms with van der Waals surface area (Å²) in [7, 11) is -3.48. The molecule has 1 aromatic heterocycles. The normalized spacial score (nSPS) is 11.6. The van der Waals surface area contributed by atoms with Crippen molar-refractivity contribution in [3.63, 3.8) is 0 Å². The summed E-state index contributed by atoms with van der Waals surface area (Å²) in [6.45, 7) is 5.44. The summed E-state index contributed by atoms with van der Waals surface area (Å²) in [6.07, 6.45) is 0. The van der Waals surface area contributed by atoms with Gasteiger partial charge in [0.2, 0.25) is 15.8 Å². The topological polar surface area (TPSA) is 106 Å². The molecule has 0 saturated heterocycles. The highest BCUT2D eigenvalue weighted by Gasteiger charge is 2.18. The fourth-order valence-corrected chi connectivity index (χ4v) is 4.66. The number of amides is 1. The zero-order valence-electron chi connectivity index (χ0n) is 17.5. The molecule has 2 aromatic carbocycles. The summed E-state index contributed by atoms with van der Waals surface area (Å²) >= 11 is 5.92. The van der Waals surface area contributed by atoms with Crippen LogP contribution in [0.5, 0.6) is 0 Å². The maximum atomic E-state index is 12.6. The molecule has 10 heteroatoms. The molecule has 164 valence electrons. The minimum Gasteiger partial charge on any atom is -0.345 e. The third-order valence-electron chi connectivity index (χ3n) is 4.36. The lowest BCUT2D eigenvalue weighted by Gasteiger charge is -2.13. The largest absolute Gasteiger partial charge is 0.345 e. The second-order valence-electron chi connectivity index (χ2n) is 7.35. The van der Waals surface area contributed by atoms with Gasteiger partial charge in [0.25, 0.3) is 5.91 Å². The monoisotopic (exact) mass is 461 g/mol. The van der Waals surface area contributed by atoms with Gasteiger partial charge in [0.1, 0.15) is 5.82 Å². The van der Waals surface area contributed by atoms with Crippen LogP contribution in [0.1, 0.15) is 41.4 Å². The first kappa shape index (κ1) is 22.9. The second kappa shape index (κ2) is 9.59. The van der Waals surface area contributed by atoms with Crippen molar-refractivity contribution < 1.29 is 13.2 Å². The molecule has 0 aliphatic rings. The van der Waals surface area contributed by atoms with E-state index in [-0.39, 0.29) is 24.2 Å². The fourth-order valence-electron chi connectivity index (χ4n) is 3.04. The van der Waals surface area contributed by atoms with Crippen LogP contribution in [0.2, 0.25) is 5.02 Å². The molecule has 3 rings (SSSR count). The molecule has 3 aromatic rings. The molecule has 0 bridgehead atoms. The van der Waals surface area contributed by atoms with Crippen molar-refractivity contribution in [1.29, 1.82) is 0 Å². The molecule has 0 fully saturated rings. The average molecular weight is 462 g/mol. The number of sulfonamides is 1. The predicted octanol–water partition coefficient (Wildman–Crippen LogP) is 2.99. The molecule has 0 saturated carbocycles. The van der Waals surface area contributed by atoms with Crippen LogP contribution in [-0.2, 0) is 22.3 Å². The Morgan fingerprint density at radius 2 is 1.74 bits per heavy atom. The number of carbonyl (C=O) groups is 1. The SMILES string of the molecule is Cc1nc(C(=O)NCc2ccccc2CS(=O)(=O)NC(C)C)nn1-c1ccc(Cl)cc1. The number of hydrogen-bond acceptors (Lipinski definition) is 5. The van der Waals surface area contributed by atoms with Gasteiger partial charge >= 0.3 is 0 Å². The Hall–Kier alpha value is -2.75. The number of rotatable bonds is 8. The van der Waals surface area contributed by atoms with Gasteiger partial charge in [-0.1, -0.05) is 35.9 Å². The average Bonchev–Trinajstić information content (AvgIpc) is 3.08. The number of aryl methyl sites for hydroxylation is 1. The van der Waals surface area contributed by atoms with Crippen LogP contribution in [0, 0.1) is 6.92 Å². The lowest BCUT2D eigenvalue weighted by molar-refractivity contribution is 0.0940. The Kier molecular flexibility index (Phi) is 7.09. The third kappa shape index (κ3) is 6.13. The zero-order chi connectivity index (χ0) is 22.6. The summed E-state index contributed by atoms with van der Waals surface area (Å²) in [5.41, 5.74) is 2.06. The van der Waals surface area contributed by atoms with Crippen molar-refractivity contribution >= 4 is 27.5 Å². The molecule has 0 atom stereocenters. The number of carbonyl (C=O) groups excluding carboxylic acids is 1. The van der Waals surface area contributed by atoms with Gasteiger partial charge in [0.15, 0.2) is 0 Å². The van der Waals surface area contributed by atoms with Crippen molar-refractivity contribution in [2.24, 2.45) is 0 Å². The number of aromatic nitrogens is 3. The first-order chi connectivity index (χ1) is 14.6. The molecular weight excluding hydrogens is 438 g/mol. The minimum atomic E-state index is -3.48. The molecule has 0 aliphatic heterocycles. The van der Waals surface area contributed by atoms with E-state index >= 15 is 0 Å². The van der Waals surface area contributed by atoms with E-state index in [1.807, 2.05) is 0 Å². The van der Waals surface area contributed by atoms with Gasteiger partial charge in [-0.25, -0.2) is 22.8 Å². The van der Waals surface area contributed by atoms with E-state index in [1.165, 1.54) is 0 Å². The van der Waals surface area contributed by atoms with E-state index < -0.39 is 15.9 Å². The highest BCUT2D eigenvalue weighted by atomic mass is 35.5. The Bertz CT molecular complexity index is 1170. The lowest BCUT2D eigenvalue weighted by Crippen LogP contribution is -2.32. The van der Waals surface area contributed by atoms with Crippen LogP contribution in [-0.4, -0.2) is 35.1 Å². The highest BCUT2D eigenvalue weighted by Crippen LogP contribution is 2.15. The molecule has 8 nitrogen and oxygen atoms in total. The van der Waals surface area contributed by atoms with Crippen LogP contribution in [0.15, 0.2) is 48.5 Å². The molecule has 0 aliphatic carbocycles. The van der Waals surface area contributed by atoms with Crippen molar-refractivity contribution in [2.75, 3.05) is 0 Å². The fraction of sp³-hybridized carbons (Fsp3) is 0.286. The number of hydrogen-bond donors (Lipinski definition) is 2. The van der Waals surface area contributed by atoms with E-state index in [4.69, 9.17) is 11.6 Å². The van der Waals surface area contributed by atoms with Gasteiger partial charge < -0.3 is 5.32 Å². The summed E-state index contributed by atoms with van der Waals surface area (Å²) < 4.78 is 28.7. The summed E-state index contributed by atoms with van der Waals surface area (Å²) in [6, 6.07) is 13.9. The summed E-state index contributed by atoms with van der Waals surface area (Å²) in [4.78, 5) is 16.8. The van der Waals surface area contributed by atoms with E-state index in [1.54, 1.807) is 74.0 Å². The van der Waals surface area contributed by atoms with Crippen molar-refractivity contribution in [3.8, 4) is 5.69 Å². The molecule has 0 unspecified atom stereocenters. The number of nitrogens with one attached hydrogen (secondary N) is 2. The Balaban J connectivity index is 1.72.